The molecule has 0 aliphatic rings. The van der Waals surface area contributed by atoms with Gasteiger partial charge >= 0.3 is 5.97 Å². The molecule has 0 heterocycles. The minimum atomic E-state index is -1.00. The Balaban J connectivity index is 1.42. The molecule has 0 bridgehead atoms. The number of anilines is 2. The number of amides is 1. The van der Waals surface area contributed by atoms with Crippen molar-refractivity contribution >= 4 is 35.2 Å². The van der Waals surface area contributed by atoms with E-state index in [1.807, 2.05) is 48.5 Å². The van der Waals surface area contributed by atoms with Crippen molar-refractivity contribution in [3.63, 3.8) is 0 Å². The molecule has 204 valence electrons. The van der Waals surface area contributed by atoms with Crippen molar-refractivity contribution in [3.05, 3.63) is 125 Å². The van der Waals surface area contributed by atoms with Gasteiger partial charge in [-0.3, -0.25) is 9.79 Å². The molecule has 0 radical (unpaired) electrons. The van der Waals surface area contributed by atoms with Crippen molar-refractivity contribution in [1.29, 1.82) is 0 Å². The van der Waals surface area contributed by atoms with Gasteiger partial charge in [0.2, 0.25) is 0 Å². The maximum absolute atomic E-state index is 13.0. The van der Waals surface area contributed by atoms with Crippen LogP contribution in [0.4, 0.5) is 17.1 Å². The van der Waals surface area contributed by atoms with Gasteiger partial charge in [-0.15, -0.1) is 0 Å². The van der Waals surface area contributed by atoms with Crippen LogP contribution in [0.5, 0.6) is 0 Å². The number of carbonyl (C=O) groups is 2. The molecule has 1 amide bonds. The molecule has 6 nitrogen and oxygen atoms in total. The fourth-order valence-corrected chi connectivity index (χ4v) is 4.34. The van der Waals surface area contributed by atoms with Crippen molar-refractivity contribution in [2.24, 2.45) is 4.99 Å². The monoisotopic (exact) mass is 533 g/mol. The fraction of sp³-hybridized carbons (Fsp3) is 0.206. The maximum atomic E-state index is 13.0. The minimum Gasteiger partial charge on any atom is -0.478 e. The van der Waals surface area contributed by atoms with E-state index in [1.165, 1.54) is 24.0 Å². The Labute approximate surface area is 235 Å². The van der Waals surface area contributed by atoms with Crippen LogP contribution in [0.2, 0.25) is 0 Å². The highest BCUT2D eigenvalue weighted by Crippen LogP contribution is 2.27. The van der Waals surface area contributed by atoms with Crippen LogP contribution in [0.15, 0.2) is 102 Å². The minimum absolute atomic E-state index is 0.173. The Kier molecular flexibility index (Phi) is 10.2. The SMILES string of the molecule is CCCCCCNc1ccc(C(=O)O)cc1N=Cc1cccc(C(=O)Nc2ccc(Cc3ccccc3)cc2)c1. The van der Waals surface area contributed by atoms with E-state index < -0.39 is 5.97 Å². The molecule has 0 atom stereocenters. The van der Waals surface area contributed by atoms with Gasteiger partial charge in [0.1, 0.15) is 0 Å². The van der Waals surface area contributed by atoms with Crippen LogP contribution in [-0.4, -0.2) is 29.7 Å². The first-order valence-electron chi connectivity index (χ1n) is 13.7. The van der Waals surface area contributed by atoms with Gasteiger partial charge in [-0.25, -0.2) is 4.79 Å². The van der Waals surface area contributed by atoms with Crippen LogP contribution < -0.4 is 10.6 Å². The number of aromatic carboxylic acids is 1. The van der Waals surface area contributed by atoms with E-state index in [0.29, 0.717) is 11.3 Å². The van der Waals surface area contributed by atoms with Crippen molar-refractivity contribution in [2.75, 3.05) is 17.2 Å². The summed E-state index contributed by atoms with van der Waals surface area (Å²) in [5, 5.41) is 15.8. The topological polar surface area (TPSA) is 90.8 Å². The second kappa shape index (κ2) is 14.4. The molecule has 4 rings (SSSR count). The Bertz CT molecular complexity index is 1450. The van der Waals surface area contributed by atoms with Gasteiger partial charge in [0, 0.05) is 24.0 Å². The van der Waals surface area contributed by atoms with Gasteiger partial charge < -0.3 is 15.7 Å². The number of carboxylic acid groups (broad SMARTS) is 1. The number of nitrogens with one attached hydrogen (secondary N) is 2. The average molecular weight is 534 g/mol. The second-order valence-electron chi connectivity index (χ2n) is 9.72. The van der Waals surface area contributed by atoms with Gasteiger partial charge in [-0.2, -0.15) is 0 Å². The molecule has 40 heavy (non-hydrogen) atoms. The molecule has 4 aromatic carbocycles. The Morgan fingerprint density at radius 3 is 2.33 bits per heavy atom. The fourth-order valence-electron chi connectivity index (χ4n) is 4.34. The van der Waals surface area contributed by atoms with Gasteiger partial charge in [-0.1, -0.05) is 80.8 Å². The predicted octanol–water partition coefficient (Wildman–Crippen LogP) is 7.97. The molecule has 4 aromatic rings. The molecule has 0 spiro atoms. The zero-order chi connectivity index (χ0) is 28.2. The van der Waals surface area contributed by atoms with E-state index in [4.69, 9.17) is 0 Å². The number of carbonyl (C=O) groups excluding carboxylic acids is 1. The molecule has 0 unspecified atom stereocenters. The average Bonchev–Trinajstić information content (AvgIpc) is 2.98. The third-order valence-corrected chi connectivity index (χ3v) is 6.55. The van der Waals surface area contributed by atoms with Crippen LogP contribution in [0.3, 0.4) is 0 Å². The van der Waals surface area contributed by atoms with Crippen LogP contribution >= 0.6 is 0 Å². The third-order valence-electron chi connectivity index (χ3n) is 6.55. The lowest BCUT2D eigenvalue weighted by molar-refractivity contribution is 0.0696. The molecule has 0 saturated carbocycles. The number of unbranched alkanes of at least 4 members (excludes halogenated alkanes) is 3. The summed E-state index contributed by atoms with van der Waals surface area (Å²) in [6.07, 6.45) is 7.02. The van der Waals surface area contributed by atoms with Gasteiger partial charge in [0.15, 0.2) is 0 Å². The normalized spacial score (nSPS) is 10.9. The van der Waals surface area contributed by atoms with E-state index in [-0.39, 0.29) is 11.5 Å². The zero-order valence-electron chi connectivity index (χ0n) is 22.8. The number of aliphatic imine (C=N–C) groups is 1. The lowest BCUT2D eigenvalue weighted by atomic mass is 10.0. The number of hydrogen-bond donors (Lipinski definition) is 3. The number of hydrogen-bond acceptors (Lipinski definition) is 4. The first kappa shape index (κ1) is 28.3. The number of nitrogens with zero attached hydrogens (tertiary/aromatic N) is 1. The molecule has 0 saturated heterocycles. The molecule has 0 fully saturated rings. The summed E-state index contributed by atoms with van der Waals surface area (Å²) in [6, 6.07) is 30.2. The first-order chi connectivity index (χ1) is 19.5. The van der Waals surface area contributed by atoms with E-state index in [2.05, 4.69) is 34.7 Å². The zero-order valence-corrected chi connectivity index (χ0v) is 22.8. The largest absolute Gasteiger partial charge is 0.478 e. The van der Waals surface area contributed by atoms with Gasteiger partial charge in [0.05, 0.1) is 16.9 Å². The molecule has 3 N–H and O–H groups in total. The molecule has 0 aliphatic carbocycles. The van der Waals surface area contributed by atoms with Crippen molar-refractivity contribution in [3.8, 4) is 0 Å². The van der Waals surface area contributed by atoms with Crippen LogP contribution in [0.25, 0.3) is 0 Å². The summed E-state index contributed by atoms with van der Waals surface area (Å²) < 4.78 is 0. The molecule has 6 heteroatoms. The van der Waals surface area contributed by atoms with E-state index in [1.54, 1.807) is 42.6 Å². The van der Waals surface area contributed by atoms with E-state index in [0.717, 1.165) is 42.7 Å². The lowest BCUT2D eigenvalue weighted by Gasteiger charge is -2.10. The Morgan fingerprint density at radius 1 is 0.800 bits per heavy atom. The maximum Gasteiger partial charge on any atom is 0.335 e. The van der Waals surface area contributed by atoms with Crippen molar-refractivity contribution < 1.29 is 14.7 Å². The molecular weight excluding hydrogens is 498 g/mol. The lowest BCUT2D eigenvalue weighted by Crippen LogP contribution is -2.12. The van der Waals surface area contributed by atoms with Crippen molar-refractivity contribution in [1.82, 2.24) is 0 Å². The summed E-state index contributed by atoms with van der Waals surface area (Å²) in [4.78, 5) is 29.1. The third kappa shape index (κ3) is 8.40. The molecule has 0 aliphatic heterocycles. The summed E-state index contributed by atoms with van der Waals surface area (Å²) in [6.45, 7) is 2.96. The Hall–Kier alpha value is -4.71. The van der Waals surface area contributed by atoms with Crippen LogP contribution in [0.1, 0.15) is 70.0 Å². The molecular formula is C34H35N3O3. The second-order valence-corrected chi connectivity index (χ2v) is 9.72. The van der Waals surface area contributed by atoms with E-state index >= 15 is 0 Å². The van der Waals surface area contributed by atoms with E-state index in [9.17, 15) is 14.7 Å². The predicted molar refractivity (Wildman–Crippen MR) is 163 cm³/mol. The number of benzene rings is 4. The van der Waals surface area contributed by atoms with Crippen LogP contribution in [-0.2, 0) is 6.42 Å². The number of carboxylic acids is 1. The Morgan fingerprint density at radius 2 is 1.57 bits per heavy atom. The highest BCUT2D eigenvalue weighted by molar-refractivity contribution is 6.05. The smallest absolute Gasteiger partial charge is 0.335 e. The first-order valence-corrected chi connectivity index (χ1v) is 13.7. The standard InChI is InChI=1S/C34H35N3O3/c1-2-3-4-8-20-35-31-19-16-29(34(39)40)23-32(31)36-24-27-12-9-13-28(22-27)33(38)37-30-17-14-26(15-18-30)21-25-10-6-5-7-11-25/h5-7,9-19,22-24,35H,2-4,8,20-21H2,1H3,(H,37,38)(H,39,40). The summed E-state index contributed by atoms with van der Waals surface area (Å²) in [5.74, 6) is -1.22. The highest BCUT2D eigenvalue weighted by Gasteiger charge is 2.09. The van der Waals surface area contributed by atoms with Crippen molar-refractivity contribution in [2.45, 2.75) is 39.0 Å². The van der Waals surface area contributed by atoms with Crippen LogP contribution in [0, 0.1) is 0 Å². The van der Waals surface area contributed by atoms with Gasteiger partial charge in [-0.05, 0) is 72.0 Å². The summed E-state index contributed by atoms with van der Waals surface area (Å²) >= 11 is 0. The molecule has 0 aromatic heterocycles. The summed E-state index contributed by atoms with van der Waals surface area (Å²) in [5.41, 5.74) is 5.87. The van der Waals surface area contributed by atoms with Gasteiger partial charge in [0.25, 0.3) is 5.91 Å². The quantitative estimate of drug-likeness (QED) is 0.120. The number of rotatable bonds is 13. The highest BCUT2D eigenvalue weighted by atomic mass is 16.4. The summed E-state index contributed by atoms with van der Waals surface area (Å²) in [7, 11) is 0.